The second kappa shape index (κ2) is 7.20. The van der Waals surface area contributed by atoms with Gasteiger partial charge in [-0.05, 0) is 33.6 Å². The van der Waals surface area contributed by atoms with E-state index in [9.17, 15) is 5.26 Å². The number of nitrogens with zero attached hydrogens (tertiary/aromatic N) is 3. The molecule has 0 spiro atoms. The molecule has 0 radical (unpaired) electrons. The lowest BCUT2D eigenvalue weighted by atomic mass is 10.1. The van der Waals surface area contributed by atoms with Crippen LogP contribution in [0.5, 0.6) is 0 Å². The minimum absolute atomic E-state index is 0.603. The first-order chi connectivity index (χ1) is 9.74. The molecule has 6 heteroatoms. The van der Waals surface area contributed by atoms with Gasteiger partial charge in [0.25, 0.3) is 0 Å². The van der Waals surface area contributed by atoms with E-state index >= 15 is 0 Å². The number of ether oxygens (including phenoxy) is 1. The molecule has 5 nitrogen and oxygen atoms in total. The lowest BCUT2D eigenvalue weighted by Crippen LogP contribution is -2.18. The van der Waals surface area contributed by atoms with Crippen molar-refractivity contribution in [3.05, 3.63) is 46.2 Å². The highest BCUT2D eigenvalue weighted by Crippen LogP contribution is 2.18. The molecule has 0 aliphatic carbocycles. The summed E-state index contributed by atoms with van der Waals surface area (Å²) in [5, 5.41) is 16.7. The van der Waals surface area contributed by atoms with E-state index in [1.165, 1.54) is 0 Å². The Morgan fingerprint density at radius 1 is 1.50 bits per heavy atom. The highest BCUT2D eigenvalue weighted by atomic mass is 79.9. The van der Waals surface area contributed by atoms with Crippen molar-refractivity contribution in [2.45, 2.75) is 6.54 Å². The highest BCUT2D eigenvalue weighted by molar-refractivity contribution is 9.10. The van der Waals surface area contributed by atoms with Gasteiger partial charge in [-0.2, -0.15) is 10.4 Å². The fourth-order valence-electron chi connectivity index (χ4n) is 1.82. The second-order valence-electron chi connectivity index (χ2n) is 4.24. The van der Waals surface area contributed by atoms with Crippen LogP contribution in [0.15, 0.2) is 35.1 Å². The number of nitriles is 1. The molecule has 1 heterocycles. The second-order valence-corrected chi connectivity index (χ2v) is 5.15. The van der Waals surface area contributed by atoms with Gasteiger partial charge in [0.2, 0.25) is 0 Å². The summed E-state index contributed by atoms with van der Waals surface area (Å²) in [4.78, 5) is 0. The first-order valence-corrected chi connectivity index (χ1v) is 6.97. The molecule has 0 aliphatic heterocycles. The highest BCUT2D eigenvalue weighted by Gasteiger charge is 2.07. The molecule has 0 bridgehead atoms. The summed E-state index contributed by atoms with van der Waals surface area (Å²) >= 11 is 3.35. The molecular weight excluding hydrogens is 320 g/mol. The molecule has 0 saturated carbocycles. The Labute approximate surface area is 126 Å². The number of benzene rings is 1. The van der Waals surface area contributed by atoms with Crippen LogP contribution in [0.2, 0.25) is 0 Å². The molecule has 0 fully saturated rings. The van der Waals surface area contributed by atoms with Crippen LogP contribution >= 0.6 is 15.9 Å². The van der Waals surface area contributed by atoms with E-state index in [2.05, 4.69) is 32.4 Å². The molecule has 20 heavy (non-hydrogen) atoms. The molecule has 2 rings (SSSR count). The number of halogens is 1. The van der Waals surface area contributed by atoms with Crippen molar-refractivity contribution in [2.24, 2.45) is 0 Å². The maximum absolute atomic E-state index is 9.28. The van der Waals surface area contributed by atoms with Gasteiger partial charge in [0.05, 0.1) is 28.5 Å². The first-order valence-electron chi connectivity index (χ1n) is 6.18. The molecule has 104 valence electrons. The van der Waals surface area contributed by atoms with E-state index in [0.29, 0.717) is 18.7 Å². The zero-order chi connectivity index (χ0) is 14.4. The van der Waals surface area contributed by atoms with Gasteiger partial charge in [-0.25, -0.2) is 4.68 Å². The number of aromatic nitrogens is 2. The van der Waals surface area contributed by atoms with E-state index in [4.69, 9.17) is 4.74 Å². The monoisotopic (exact) mass is 334 g/mol. The van der Waals surface area contributed by atoms with Gasteiger partial charge < -0.3 is 10.1 Å². The van der Waals surface area contributed by atoms with Crippen LogP contribution in [-0.2, 0) is 11.3 Å². The fraction of sp³-hybridized carbons (Fsp3) is 0.286. The Morgan fingerprint density at radius 3 is 3.00 bits per heavy atom. The summed E-state index contributed by atoms with van der Waals surface area (Å²) in [6.07, 6.45) is 3.52. The molecule has 2 aromatic rings. The lowest BCUT2D eigenvalue weighted by Gasteiger charge is -2.08. The standard InChI is InChI=1S/C14H15BrN4O/c1-20-5-4-17-8-11-2-3-14(12(6-11)7-16)19-10-13(15)9-18-19/h2-3,6,9-10,17H,4-5,8H2,1H3. The van der Waals surface area contributed by atoms with Gasteiger partial charge in [0, 0.05) is 26.4 Å². The average molecular weight is 335 g/mol. The quantitative estimate of drug-likeness (QED) is 0.823. The van der Waals surface area contributed by atoms with Crippen LogP contribution in [0.1, 0.15) is 11.1 Å². The Kier molecular flexibility index (Phi) is 5.30. The number of rotatable bonds is 6. The van der Waals surface area contributed by atoms with Crippen molar-refractivity contribution < 1.29 is 4.74 Å². The van der Waals surface area contributed by atoms with Crippen LogP contribution in [0.3, 0.4) is 0 Å². The number of methoxy groups -OCH3 is 1. The van der Waals surface area contributed by atoms with Gasteiger partial charge in [-0.15, -0.1) is 0 Å². The number of hydrogen-bond donors (Lipinski definition) is 1. The average Bonchev–Trinajstić information content (AvgIpc) is 2.90. The molecule has 0 unspecified atom stereocenters. The van der Waals surface area contributed by atoms with Crippen molar-refractivity contribution in [2.75, 3.05) is 20.3 Å². The minimum Gasteiger partial charge on any atom is -0.383 e. The third-order valence-electron chi connectivity index (χ3n) is 2.79. The Hall–Kier alpha value is -1.68. The third-order valence-corrected chi connectivity index (χ3v) is 3.20. The predicted molar refractivity (Wildman–Crippen MR) is 79.6 cm³/mol. The van der Waals surface area contributed by atoms with Crippen molar-refractivity contribution in [1.29, 1.82) is 5.26 Å². The van der Waals surface area contributed by atoms with Crippen molar-refractivity contribution in [3.63, 3.8) is 0 Å². The van der Waals surface area contributed by atoms with Gasteiger partial charge in [-0.1, -0.05) is 6.07 Å². The summed E-state index contributed by atoms with van der Waals surface area (Å²) in [7, 11) is 1.67. The lowest BCUT2D eigenvalue weighted by molar-refractivity contribution is 0.199. The van der Waals surface area contributed by atoms with E-state index in [0.717, 1.165) is 22.3 Å². The smallest absolute Gasteiger partial charge is 0.101 e. The maximum Gasteiger partial charge on any atom is 0.101 e. The van der Waals surface area contributed by atoms with Crippen LogP contribution < -0.4 is 5.32 Å². The summed E-state index contributed by atoms with van der Waals surface area (Å²) in [5.41, 5.74) is 2.44. The summed E-state index contributed by atoms with van der Waals surface area (Å²) in [6, 6.07) is 8.00. The van der Waals surface area contributed by atoms with Crippen molar-refractivity contribution in [1.82, 2.24) is 15.1 Å². The van der Waals surface area contributed by atoms with Gasteiger partial charge in [-0.3, -0.25) is 0 Å². The van der Waals surface area contributed by atoms with E-state index in [1.807, 2.05) is 24.4 Å². The van der Waals surface area contributed by atoms with E-state index < -0.39 is 0 Å². The van der Waals surface area contributed by atoms with Crippen LogP contribution in [0.25, 0.3) is 5.69 Å². The van der Waals surface area contributed by atoms with Gasteiger partial charge in [0.1, 0.15) is 6.07 Å². The molecule has 1 aromatic carbocycles. The predicted octanol–water partition coefficient (Wildman–Crippen LogP) is 2.24. The van der Waals surface area contributed by atoms with Gasteiger partial charge in [0.15, 0.2) is 0 Å². The number of hydrogen-bond acceptors (Lipinski definition) is 4. The summed E-state index contributed by atoms with van der Waals surface area (Å²) in [5.74, 6) is 0. The van der Waals surface area contributed by atoms with Crippen LogP contribution in [0.4, 0.5) is 0 Å². The maximum atomic E-state index is 9.28. The molecule has 1 aromatic heterocycles. The topological polar surface area (TPSA) is 62.9 Å². The Balaban J connectivity index is 2.14. The molecule has 0 aliphatic rings. The third kappa shape index (κ3) is 3.67. The number of nitrogens with one attached hydrogen (secondary N) is 1. The molecule has 0 atom stereocenters. The largest absolute Gasteiger partial charge is 0.383 e. The Bertz CT molecular complexity index is 618. The molecule has 0 saturated heterocycles. The SMILES string of the molecule is COCCNCc1ccc(-n2cc(Br)cn2)c(C#N)c1. The molecule has 1 N–H and O–H groups in total. The summed E-state index contributed by atoms with van der Waals surface area (Å²) in [6.45, 7) is 2.16. The van der Waals surface area contributed by atoms with Crippen molar-refractivity contribution in [3.8, 4) is 11.8 Å². The molecular formula is C14H15BrN4O. The van der Waals surface area contributed by atoms with E-state index in [-0.39, 0.29) is 0 Å². The summed E-state index contributed by atoms with van der Waals surface area (Å²) < 4.78 is 7.54. The fourth-order valence-corrected chi connectivity index (χ4v) is 2.11. The minimum atomic E-state index is 0.603. The molecule has 0 amide bonds. The van der Waals surface area contributed by atoms with E-state index in [1.54, 1.807) is 18.0 Å². The van der Waals surface area contributed by atoms with Crippen LogP contribution in [0, 0.1) is 11.3 Å². The first kappa shape index (κ1) is 14.7. The van der Waals surface area contributed by atoms with Gasteiger partial charge >= 0.3 is 0 Å². The van der Waals surface area contributed by atoms with Crippen LogP contribution in [-0.4, -0.2) is 30.0 Å². The zero-order valence-corrected chi connectivity index (χ0v) is 12.7. The zero-order valence-electron chi connectivity index (χ0n) is 11.1. The van der Waals surface area contributed by atoms with Crippen molar-refractivity contribution >= 4 is 15.9 Å². The Morgan fingerprint density at radius 2 is 2.35 bits per heavy atom. The normalized spacial score (nSPS) is 10.4.